The van der Waals surface area contributed by atoms with Gasteiger partial charge in [-0.25, -0.2) is 0 Å². The molecule has 5 nitrogen and oxygen atoms in total. The first-order valence-electron chi connectivity index (χ1n) is 7.17. The monoisotopic (exact) mass is 271 g/mol. The molecule has 0 aromatic carbocycles. The van der Waals surface area contributed by atoms with Crippen LogP contribution in [0, 0.1) is 0 Å². The number of carboxylic acids is 1. The molecule has 0 aliphatic rings. The van der Waals surface area contributed by atoms with E-state index in [2.05, 4.69) is 17.6 Å². The summed E-state index contributed by atoms with van der Waals surface area (Å²) in [6.07, 6.45) is 4.09. The van der Waals surface area contributed by atoms with Gasteiger partial charge in [0.2, 0.25) is 0 Å². The zero-order valence-corrected chi connectivity index (χ0v) is 13.0. The van der Waals surface area contributed by atoms with E-state index in [9.17, 15) is 9.90 Å². The van der Waals surface area contributed by atoms with Crippen LogP contribution in [0.3, 0.4) is 0 Å². The summed E-state index contributed by atoms with van der Waals surface area (Å²) < 4.78 is 0. The minimum Gasteiger partial charge on any atom is -0.480 e. The Morgan fingerprint density at radius 2 is 1.79 bits per heavy atom. The second kappa shape index (κ2) is 9.34. The lowest BCUT2D eigenvalue weighted by Crippen LogP contribution is -2.50. The molecule has 0 saturated heterocycles. The largest absolute Gasteiger partial charge is 0.480 e. The van der Waals surface area contributed by atoms with Gasteiger partial charge >= 0.3 is 5.97 Å². The van der Waals surface area contributed by atoms with E-state index in [1.54, 1.807) is 0 Å². The summed E-state index contributed by atoms with van der Waals surface area (Å²) in [6.45, 7) is 2.62. The van der Waals surface area contributed by atoms with Crippen molar-refractivity contribution in [1.29, 1.82) is 0 Å². The molecule has 1 atom stereocenters. The van der Waals surface area contributed by atoms with E-state index in [0.29, 0.717) is 12.8 Å². The Morgan fingerprint density at radius 3 is 2.26 bits per heavy atom. The van der Waals surface area contributed by atoms with Gasteiger partial charge < -0.3 is 20.6 Å². The third-order valence-electron chi connectivity index (χ3n) is 3.52. The average molecular weight is 271 g/mol. The molecule has 0 radical (unpaired) electrons. The summed E-state index contributed by atoms with van der Waals surface area (Å²) >= 11 is 0. The highest BCUT2D eigenvalue weighted by Crippen LogP contribution is 2.17. The van der Waals surface area contributed by atoms with Gasteiger partial charge in [0.15, 0.2) is 0 Å². The summed E-state index contributed by atoms with van der Waals surface area (Å²) in [5.41, 5.74) is 4.98. The van der Waals surface area contributed by atoms with E-state index in [4.69, 9.17) is 5.73 Å². The third-order valence-corrected chi connectivity index (χ3v) is 3.52. The molecule has 0 amide bonds. The van der Waals surface area contributed by atoms with Gasteiger partial charge in [-0.15, -0.1) is 0 Å². The molecule has 0 bridgehead atoms. The van der Waals surface area contributed by atoms with Crippen molar-refractivity contribution in [2.24, 2.45) is 5.73 Å². The number of unbranched alkanes of at least 4 members (excludes halogenated alkanes) is 1. The lowest BCUT2D eigenvalue weighted by molar-refractivity contribution is -0.144. The molecule has 0 aliphatic heterocycles. The molecule has 0 aromatic rings. The number of hydrogen-bond acceptors (Lipinski definition) is 4. The number of likely N-dealkylation sites (N-methyl/N-ethyl adjacent to an activating group) is 2. The maximum atomic E-state index is 11.3. The Morgan fingerprint density at radius 1 is 1.16 bits per heavy atom. The van der Waals surface area contributed by atoms with E-state index in [1.807, 2.05) is 21.1 Å². The van der Waals surface area contributed by atoms with Crippen molar-refractivity contribution >= 4 is 13.8 Å². The fourth-order valence-corrected chi connectivity index (χ4v) is 1.90. The van der Waals surface area contributed by atoms with Gasteiger partial charge in [-0.05, 0) is 34.0 Å². The molecule has 0 fully saturated rings. The topological polar surface area (TPSA) is 69.8 Å². The summed E-state index contributed by atoms with van der Waals surface area (Å²) in [5, 5.41) is 9.31. The quantitative estimate of drug-likeness (QED) is 0.405. The van der Waals surface area contributed by atoms with Crippen LogP contribution < -0.4 is 5.73 Å². The van der Waals surface area contributed by atoms with Gasteiger partial charge in [-0.2, -0.15) is 0 Å². The number of carbonyl (C=O) groups is 1. The van der Waals surface area contributed by atoms with Crippen molar-refractivity contribution in [3.05, 3.63) is 0 Å². The van der Waals surface area contributed by atoms with Gasteiger partial charge in [0.25, 0.3) is 0 Å². The van der Waals surface area contributed by atoms with Crippen LogP contribution in [0.15, 0.2) is 0 Å². The van der Waals surface area contributed by atoms with E-state index in [0.717, 1.165) is 38.8 Å². The number of hydrogen-bond donors (Lipinski definition) is 2. The van der Waals surface area contributed by atoms with E-state index < -0.39 is 11.5 Å². The molecule has 0 aliphatic carbocycles. The molecule has 3 N–H and O–H groups in total. The first-order valence-corrected chi connectivity index (χ1v) is 7.17. The molecule has 0 aromatic heterocycles. The van der Waals surface area contributed by atoms with Gasteiger partial charge in [0.05, 0.1) is 0 Å². The van der Waals surface area contributed by atoms with Crippen molar-refractivity contribution in [2.45, 2.75) is 37.5 Å². The molecular formula is C13H30BN3O2. The third kappa shape index (κ3) is 8.24. The number of nitrogens with zero attached hydrogens (tertiary/aromatic N) is 2. The second-order valence-corrected chi connectivity index (χ2v) is 5.77. The summed E-state index contributed by atoms with van der Waals surface area (Å²) in [7, 11) is 8.18. The second-order valence-electron chi connectivity index (χ2n) is 5.77. The molecule has 0 saturated carbocycles. The minimum absolute atomic E-state index is 0.510. The van der Waals surface area contributed by atoms with E-state index >= 15 is 0 Å². The fourth-order valence-electron chi connectivity index (χ4n) is 1.90. The normalized spacial score (nSPS) is 14.8. The first-order chi connectivity index (χ1) is 8.81. The summed E-state index contributed by atoms with van der Waals surface area (Å²) in [6, 6.07) is 0. The maximum Gasteiger partial charge on any atom is 0.323 e. The number of nitrogens with two attached hydrogens (primary N) is 1. The Labute approximate surface area is 118 Å². The highest BCUT2D eigenvalue weighted by Gasteiger charge is 2.33. The maximum absolute atomic E-state index is 11.3. The summed E-state index contributed by atoms with van der Waals surface area (Å²) in [5.74, 6) is -0.871. The van der Waals surface area contributed by atoms with Gasteiger partial charge in [0.1, 0.15) is 13.4 Å². The Bertz CT molecular complexity index is 264. The molecule has 0 spiro atoms. The molecule has 0 rings (SSSR count). The Balaban J connectivity index is 4.15. The average Bonchev–Trinajstić information content (AvgIpc) is 2.34. The molecule has 0 heterocycles. The van der Waals surface area contributed by atoms with E-state index in [1.165, 1.54) is 0 Å². The zero-order chi connectivity index (χ0) is 14.9. The molecule has 112 valence electrons. The van der Waals surface area contributed by atoms with Gasteiger partial charge in [-0.1, -0.05) is 19.2 Å². The van der Waals surface area contributed by atoms with Crippen molar-refractivity contribution < 1.29 is 9.90 Å². The summed E-state index contributed by atoms with van der Waals surface area (Å²) in [4.78, 5) is 15.6. The predicted molar refractivity (Wildman–Crippen MR) is 82.4 cm³/mol. The van der Waals surface area contributed by atoms with Crippen LogP contribution in [0.1, 0.15) is 25.7 Å². The zero-order valence-electron chi connectivity index (χ0n) is 13.0. The van der Waals surface area contributed by atoms with Crippen molar-refractivity contribution in [2.75, 3.05) is 40.8 Å². The lowest BCUT2D eigenvalue weighted by Gasteiger charge is -2.28. The van der Waals surface area contributed by atoms with Crippen LogP contribution in [0.5, 0.6) is 0 Å². The van der Waals surface area contributed by atoms with Crippen molar-refractivity contribution in [3.8, 4) is 0 Å². The standard InChI is InChI=1S/C13H30BN3O2/c1-16(2)10-11-17(3)9-7-13(15,12(18)19)6-4-5-8-14/h4-11,14-15H2,1-3H3,(H,18,19). The first kappa shape index (κ1) is 18.4. The lowest BCUT2D eigenvalue weighted by atomic mass is 9.88. The molecular weight excluding hydrogens is 241 g/mol. The predicted octanol–water partition coefficient (Wildman–Crippen LogP) is -0.126. The number of carboxylic acid groups (broad SMARTS) is 1. The van der Waals surface area contributed by atoms with Gasteiger partial charge in [-0.3, -0.25) is 4.79 Å². The number of aliphatic carboxylic acids is 1. The van der Waals surface area contributed by atoms with Gasteiger partial charge in [0, 0.05) is 19.6 Å². The smallest absolute Gasteiger partial charge is 0.323 e. The molecule has 19 heavy (non-hydrogen) atoms. The van der Waals surface area contributed by atoms with Crippen LogP contribution in [0.2, 0.25) is 6.32 Å². The van der Waals surface area contributed by atoms with Crippen LogP contribution in [-0.2, 0) is 4.79 Å². The van der Waals surface area contributed by atoms with Crippen LogP contribution in [0.4, 0.5) is 0 Å². The molecule has 1 unspecified atom stereocenters. The Hall–Kier alpha value is -0.585. The van der Waals surface area contributed by atoms with Crippen molar-refractivity contribution in [1.82, 2.24) is 9.80 Å². The van der Waals surface area contributed by atoms with E-state index in [-0.39, 0.29) is 0 Å². The molecule has 6 heteroatoms. The van der Waals surface area contributed by atoms with Crippen LogP contribution in [-0.4, -0.2) is 75.0 Å². The highest BCUT2D eigenvalue weighted by molar-refractivity contribution is 6.08. The van der Waals surface area contributed by atoms with Crippen molar-refractivity contribution in [3.63, 3.8) is 0 Å². The highest BCUT2D eigenvalue weighted by atomic mass is 16.4. The SMILES string of the molecule is BCCCCC(N)(CCN(C)CCN(C)C)C(=O)O. The van der Waals surface area contributed by atoms with Crippen LogP contribution >= 0.6 is 0 Å². The minimum atomic E-state index is -1.07. The number of rotatable bonds is 11. The van der Waals surface area contributed by atoms with Crippen LogP contribution in [0.25, 0.3) is 0 Å². The Kier molecular flexibility index (Phi) is 9.05. The fraction of sp³-hybridized carbons (Fsp3) is 0.923.